The van der Waals surface area contributed by atoms with Gasteiger partial charge in [-0.05, 0) is 38.4 Å². The van der Waals surface area contributed by atoms with Crippen LogP contribution in [0.2, 0.25) is 0 Å². The lowest BCUT2D eigenvalue weighted by Crippen LogP contribution is -2.49. The molecule has 1 aromatic rings. The van der Waals surface area contributed by atoms with Crippen molar-refractivity contribution in [1.82, 2.24) is 15.2 Å². The smallest absolute Gasteiger partial charge is 0.141 e. The van der Waals surface area contributed by atoms with Crippen molar-refractivity contribution in [3.05, 3.63) is 29.8 Å². The van der Waals surface area contributed by atoms with Crippen molar-refractivity contribution in [2.45, 2.75) is 38.0 Å². The van der Waals surface area contributed by atoms with E-state index in [2.05, 4.69) is 15.2 Å². The molecule has 0 aliphatic carbocycles. The first-order valence-electron chi connectivity index (χ1n) is 7.43. The molecule has 0 spiro atoms. The maximum atomic E-state index is 12.8. The van der Waals surface area contributed by atoms with Gasteiger partial charge in [0.05, 0.1) is 24.6 Å². The molecule has 0 bridgehead atoms. The van der Waals surface area contributed by atoms with Crippen LogP contribution in [0, 0.1) is 5.82 Å². The van der Waals surface area contributed by atoms with Crippen molar-refractivity contribution in [2.24, 2.45) is 0 Å². The van der Waals surface area contributed by atoms with Gasteiger partial charge in [0.2, 0.25) is 0 Å². The van der Waals surface area contributed by atoms with Crippen molar-refractivity contribution in [1.29, 1.82) is 0 Å². The summed E-state index contributed by atoms with van der Waals surface area (Å²) in [5.74, 6) is -0.295. The average Bonchev–Trinajstić information content (AvgIpc) is 2.93. The van der Waals surface area contributed by atoms with Crippen molar-refractivity contribution in [2.75, 3.05) is 26.2 Å². The highest BCUT2D eigenvalue weighted by Gasteiger charge is 2.32. The van der Waals surface area contributed by atoms with Crippen LogP contribution in [0.3, 0.4) is 0 Å². The first-order valence-corrected chi connectivity index (χ1v) is 7.43. The molecular formula is C15H22FN3O. The topological polar surface area (TPSA) is 37.4 Å². The second kappa shape index (κ2) is 6.16. The van der Waals surface area contributed by atoms with Crippen molar-refractivity contribution in [3.8, 4) is 0 Å². The Labute approximate surface area is 119 Å². The van der Waals surface area contributed by atoms with E-state index in [1.54, 1.807) is 6.07 Å². The Morgan fingerprint density at radius 1 is 1.55 bits per heavy atom. The molecule has 2 aliphatic heterocycles. The monoisotopic (exact) mass is 279 g/mol. The van der Waals surface area contributed by atoms with E-state index in [4.69, 9.17) is 4.74 Å². The molecule has 2 aliphatic rings. The second-order valence-corrected chi connectivity index (χ2v) is 5.78. The molecule has 1 N–H and O–H groups in total. The third-order valence-electron chi connectivity index (χ3n) is 4.31. The van der Waals surface area contributed by atoms with Gasteiger partial charge in [0.15, 0.2) is 0 Å². The summed E-state index contributed by atoms with van der Waals surface area (Å²) in [5.41, 5.74) is 0.862. The minimum atomic E-state index is -0.295. The summed E-state index contributed by atoms with van der Waals surface area (Å²) in [6.07, 6.45) is 4.08. The summed E-state index contributed by atoms with van der Waals surface area (Å²) < 4.78 is 18.8. The molecule has 3 heterocycles. The van der Waals surface area contributed by atoms with Crippen LogP contribution in [0.5, 0.6) is 0 Å². The SMILES string of the molecule is CC(NCC1CN2CCCC2CO1)c1ccc(F)cn1. The Hall–Kier alpha value is -1.04. The molecule has 2 saturated heterocycles. The summed E-state index contributed by atoms with van der Waals surface area (Å²) >= 11 is 0. The lowest BCUT2D eigenvalue weighted by molar-refractivity contribution is -0.0477. The summed E-state index contributed by atoms with van der Waals surface area (Å²) in [5, 5.41) is 3.43. The lowest BCUT2D eigenvalue weighted by Gasteiger charge is -2.35. The van der Waals surface area contributed by atoms with Crippen molar-refractivity contribution < 1.29 is 9.13 Å². The van der Waals surface area contributed by atoms with Crippen LogP contribution in [0.1, 0.15) is 31.5 Å². The number of nitrogens with zero attached hydrogens (tertiary/aromatic N) is 2. The van der Waals surface area contributed by atoms with Gasteiger partial charge in [-0.2, -0.15) is 0 Å². The van der Waals surface area contributed by atoms with E-state index in [1.165, 1.54) is 31.6 Å². The minimum Gasteiger partial charge on any atom is -0.374 e. The molecule has 0 aromatic carbocycles. The van der Waals surface area contributed by atoms with E-state index in [0.717, 1.165) is 25.4 Å². The molecule has 0 radical (unpaired) electrons. The Kier molecular flexibility index (Phi) is 4.29. The number of nitrogens with one attached hydrogen (secondary N) is 1. The fourth-order valence-corrected chi connectivity index (χ4v) is 3.07. The standard InChI is InChI=1S/C15H22FN3O/c1-11(15-5-4-12(16)7-18-15)17-8-14-9-19-6-2-3-13(19)10-20-14/h4-5,7,11,13-14,17H,2-3,6,8-10H2,1H3. The fourth-order valence-electron chi connectivity index (χ4n) is 3.07. The number of aromatic nitrogens is 1. The predicted molar refractivity (Wildman–Crippen MR) is 74.9 cm³/mol. The zero-order chi connectivity index (χ0) is 13.9. The first-order chi connectivity index (χ1) is 9.72. The molecule has 0 amide bonds. The number of pyridine rings is 1. The third-order valence-corrected chi connectivity index (χ3v) is 4.31. The number of hydrogen-bond donors (Lipinski definition) is 1. The molecule has 0 saturated carbocycles. The average molecular weight is 279 g/mol. The van der Waals surface area contributed by atoms with Crippen molar-refractivity contribution >= 4 is 0 Å². The normalized spacial score (nSPS) is 28.3. The number of morpholine rings is 1. The van der Waals surface area contributed by atoms with Gasteiger partial charge in [0.25, 0.3) is 0 Å². The molecule has 1 aromatic heterocycles. The molecule has 20 heavy (non-hydrogen) atoms. The Morgan fingerprint density at radius 2 is 2.45 bits per heavy atom. The van der Waals surface area contributed by atoms with Crippen LogP contribution in [-0.2, 0) is 4.74 Å². The zero-order valence-corrected chi connectivity index (χ0v) is 11.9. The van der Waals surface area contributed by atoms with Gasteiger partial charge in [-0.1, -0.05) is 0 Å². The van der Waals surface area contributed by atoms with Crippen LogP contribution in [0.4, 0.5) is 4.39 Å². The van der Waals surface area contributed by atoms with Gasteiger partial charge in [-0.3, -0.25) is 9.88 Å². The summed E-state index contributed by atoms with van der Waals surface area (Å²) in [4.78, 5) is 6.64. The largest absolute Gasteiger partial charge is 0.374 e. The lowest BCUT2D eigenvalue weighted by atomic mass is 10.1. The minimum absolute atomic E-state index is 0.107. The quantitative estimate of drug-likeness (QED) is 0.911. The summed E-state index contributed by atoms with van der Waals surface area (Å²) in [7, 11) is 0. The molecular weight excluding hydrogens is 257 g/mol. The maximum absolute atomic E-state index is 12.8. The van der Waals surface area contributed by atoms with Gasteiger partial charge < -0.3 is 10.1 Å². The first kappa shape index (κ1) is 13.9. The van der Waals surface area contributed by atoms with Crippen LogP contribution in [-0.4, -0.2) is 48.3 Å². The fraction of sp³-hybridized carbons (Fsp3) is 0.667. The van der Waals surface area contributed by atoms with E-state index < -0.39 is 0 Å². The van der Waals surface area contributed by atoms with E-state index >= 15 is 0 Å². The van der Waals surface area contributed by atoms with Gasteiger partial charge in [-0.25, -0.2) is 4.39 Å². The Bertz CT molecular complexity index is 439. The summed E-state index contributed by atoms with van der Waals surface area (Å²) in [6.45, 7) is 5.93. The molecule has 3 unspecified atom stereocenters. The highest BCUT2D eigenvalue weighted by molar-refractivity contribution is 5.09. The Morgan fingerprint density at radius 3 is 3.25 bits per heavy atom. The van der Waals surface area contributed by atoms with Gasteiger partial charge in [0, 0.05) is 25.2 Å². The van der Waals surface area contributed by atoms with Crippen LogP contribution < -0.4 is 5.32 Å². The van der Waals surface area contributed by atoms with E-state index in [0.29, 0.717) is 6.04 Å². The van der Waals surface area contributed by atoms with Crippen molar-refractivity contribution in [3.63, 3.8) is 0 Å². The number of rotatable bonds is 4. The second-order valence-electron chi connectivity index (χ2n) is 5.78. The number of halogens is 1. The van der Waals surface area contributed by atoms with Gasteiger partial charge in [-0.15, -0.1) is 0 Å². The molecule has 2 fully saturated rings. The van der Waals surface area contributed by atoms with Gasteiger partial charge >= 0.3 is 0 Å². The highest BCUT2D eigenvalue weighted by atomic mass is 19.1. The predicted octanol–water partition coefficient (Wildman–Crippen LogP) is 1.73. The molecule has 3 atom stereocenters. The summed E-state index contributed by atoms with van der Waals surface area (Å²) in [6, 6.07) is 3.93. The van der Waals surface area contributed by atoms with Crippen LogP contribution >= 0.6 is 0 Å². The third kappa shape index (κ3) is 3.16. The molecule has 110 valence electrons. The van der Waals surface area contributed by atoms with Gasteiger partial charge in [0.1, 0.15) is 5.82 Å². The number of ether oxygens (including phenoxy) is 1. The highest BCUT2D eigenvalue weighted by Crippen LogP contribution is 2.22. The zero-order valence-electron chi connectivity index (χ0n) is 11.9. The maximum Gasteiger partial charge on any atom is 0.141 e. The molecule has 5 heteroatoms. The van der Waals surface area contributed by atoms with E-state index in [1.807, 2.05) is 6.92 Å². The van der Waals surface area contributed by atoms with Crippen LogP contribution in [0.15, 0.2) is 18.3 Å². The van der Waals surface area contributed by atoms with E-state index in [-0.39, 0.29) is 18.0 Å². The molecule has 3 rings (SSSR count). The number of hydrogen-bond acceptors (Lipinski definition) is 4. The molecule has 4 nitrogen and oxygen atoms in total. The Balaban J connectivity index is 1.48. The number of fused-ring (bicyclic) bond motifs is 1. The van der Waals surface area contributed by atoms with Crippen LogP contribution in [0.25, 0.3) is 0 Å². The van der Waals surface area contributed by atoms with E-state index in [9.17, 15) is 4.39 Å².